The zero-order chi connectivity index (χ0) is 23.7. The summed E-state index contributed by atoms with van der Waals surface area (Å²) in [5.74, 6) is -2.11. The van der Waals surface area contributed by atoms with Crippen molar-refractivity contribution in [1.29, 1.82) is 0 Å². The van der Waals surface area contributed by atoms with Gasteiger partial charge in [-0.1, -0.05) is 0 Å². The average Bonchev–Trinajstić information content (AvgIpc) is 3.05. The van der Waals surface area contributed by atoms with E-state index < -0.39 is 34.8 Å². The number of nitrogens with one attached hydrogen (secondary N) is 1. The number of anilines is 1. The predicted molar refractivity (Wildman–Crippen MR) is 116 cm³/mol. The van der Waals surface area contributed by atoms with Crippen molar-refractivity contribution < 1.29 is 27.8 Å². The molecule has 172 valence electrons. The van der Waals surface area contributed by atoms with Crippen molar-refractivity contribution in [2.24, 2.45) is 0 Å². The van der Waals surface area contributed by atoms with Crippen LogP contribution in [0.1, 0.15) is 44.5 Å². The number of benzene rings is 1. The van der Waals surface area contributed by atoms with Crippen molar-refractivity contribution in [3.63, 3.8) is 0 Å². The van der Waals surface area contributed by atoms with E-state index in [2.05, 4.69) is 10.3 Å². The number of methoxy groups -OCH3 is 1. The van der Waals surface area contributed by atoms with Gasteiger partial charge in [-0.15, -0.1) is 0 Å². The molecule has 1 aliphatic heterocycles. The summed E-state index contributed by atoms with van der Waals surface area (Å²) in [6, 6.07) is 4.58. The smallest absolute Gasteiger partial charge is 0.408 e. The molecule has 2 heterocycles. The Morgan fingerprint density at radius 3 is 2.44 bits per heavy atom. The summed E-state index contributed by atoms with van der Waals surface area (Å²) >= 11 is 0. The van der Waals surface area contributed by atoms with E-state index in [0.717, 1.165) is 18.2 Å². The molecule has 0 aliphatic carbocycles. The average molecular weight is 447 g/mol. The van der Waals surface area contributed by atoms with Crippen molar-refractivity contribution in [2.45, 2.75) is 45.3 Å². The van der Waals surface area contributed by atoms with Gasteiger partial charge in [-0.25, -0.2) is 18.4 Å². The number of hydrogen-bond donors (Lipinski definition) is 1. The molecule has 9 heteroatoms. The highest BCUT2D eigenvalue weighted by atomic mass is 19.1. The normalized spacial score (nSPS) is 18.4. The van der Waals surface area contributed by atoms with Gasteiger partial charge in [-0.05, 0) is 52.3 Å². The molecule has 0 radical (unpaired) electrons. The SMILES string of the molecule is COC(=O)c1ccnc(-c2cc(F)cc(F)c2)c1N1CC[C@](C)(NC(=O)OC(C)(C)C)C1. The Bertz CT molecular complexity index is 1020. The van der Waals surface area contributed by atoms with Gasteiger partial charge in [-0.2, -0.15) is 0 Å². The number of carbonyl (C=O) groups excluding carboxylic acids is 2. The molecule has 7 nitrogen and oxygen atoms in total. The topological polar surface area (TPSA) is 80.8 Å². The van der Waals surface area contributed by atoms with Gasteiger partial charge in [0.15, 0.2) is 0 Å². The lowest BCUT2D eigenvalue weighted by Gasteiger charge is -2.30. The Labute approximate surface area is 185 Å². The quantitative estimate of drug-likeness (QED) is 0.704. The number of rotatable bonds is 4. The van der Waals surface area contributed by atoms with Gasteiger partial charge >= 0.3 is 12.1 Å². The van der Waals surface area contributed by atoms with Crippen LogP contribution in [0.3, 0.4) is 0 Å². The van der Waals surface area contributed by atoms with Crippen LogP contribution < -0.4 is 10.2 Å². The Morgan fingerprint density at radius 2 is 1.84 bits per heavy atom. The van der Waals surface area contributed by atoms with Crippen molar-refractivity contribution in [3.05, 3.63) is 47.7 Å². The number of hydrogen-bond acceptors (Lipinski definition) is 6. The Balaban J connectivity index is 1.99. The molecule has 1 saturated heterocycles. The molecular formula is C23H27F2N3O4. The van der Waals surface area contributed by atoms with Crippen LogP contribution in [0.2, 0.25) is 0 Å². The number of esters is 1. The molecule has 0 bridgehead atoms. The third kappa shape index (κ3) is 5.33. The summed E-state index contributed by atoms with van der Waals surface area (Å²) in [6.07, 6.45) is 1.40. The summed E-state index contributed by atoms with van der Waals surface area (Å²) < 4.78 is 38.1. The predicted octanol–water partition coefficient (Wildman–Crippen LogP) is 4.31. The fraction of sp³-hybridized carbons (Fsp3) is 0.435. The van der Waals surface area contributed by atoms with E-state index in [1.807, 2.05) is 11.8 Å². The van der Waals surface area contributed by atoms with E-state index in [9.17, 15) is 18.4 Å². The maximum Gasteiger partial charge on any atom is 0.408 e. The second-order valence-electron chi connectivity index (χ2n) is 9.06. The summed E-state index contributed by atoms with van der Waals surface area (Å²) in [5, 5.41) is 2.89. The number of aromatic nitrogens is 1. The summed E-state index contributed by atoms with van der Waals surface area (Å²) in [4.78, 5) is 31.0. The highest BCUT2D eigenvalue weighted by Crippen LogP contribution is 2.37. The van der Waals surface area contributed by atoms with Crippen molar-refractivity contribution in [1.82, 2.24) is 10.3 Å². The second-order valence-corrected chi connectivity index (χ2v) is 9.06. The van der Waals surface area contributed by atoms with Crippen LogP contribution in [0.4, 0.5) is 19.3 Å². The molecule has 1 aromatic carbocycles. The van der Waals surface area contributed by atoms with E-state index in [0.29, 0.717) is 25.2 Å². The Kier molecular flexibility index (Phi) is 6.39. The molecule has 0 unspecified atom stereocenters. The third-order valence-corrected chi connectivity index (χ3v) is 5.06. The highest BCUT2D eigenvalue weighted by Gasteiger charge is 2.39. The lowest BCUT2D eigenvalue weighted by Crippen LogP contribution is -2.49. The first-order valence-corrected chi connectivity index (χ1v) is 10.2. The van der Waals surface area contributed by atoms with Crippen LogP contribution >= 0.6 is 0 Å². The van der Waals surface area contributed by atoms with Crippen LogP contribution in [-0.2, 0) is 9.47 Å². The van der Waals surface area contributed by atoms with Crippen LogP contribution in [0.25, 0.3) is 11.3 Å². The Hall–Kier alpha value is -3.23. The molecule has 32 heavy (non-hydrogen) atoms. The van der Waals surface area contributed by atoms with E-state index in [1.54, 1.807) is 20.8 Å². The van der Waals surface area contributed by atoms with Crippen molar-refractivity contribution in [3.8, 4) is 11.3 Å². The van der Waals surface area contributed by atoms with Gasteiger partial charge in [0, 0.05) is 30.9 Å². The lowest BCUT2D eigenvalue weighted by molar-refractivity contribution is 0.0472. The molecule has 1 aliphatic rings. The Morgan fingerprint density at radius 1 is 1.19 bits per heavy atom. The molecule has 1 N–H and O–H groups in total. The van der Waals surface area contributed by atoms with Gasteiger partial charge in [-0.3, -0.25) is 4.98 Å². The van der Waals surface area contributed by atoms with Crippen molar-refractivity contribution >= 4 is 17.7 Å². The zero-order valence-corrected chi connectivity index (χ0v) is 18.8. The molecule has 1 atom stereocenters. The van der Waals surface area contributed by atoms with Gasteiger partial charge in [0.2, 0.25) is 0 Å². The van der Waals surface area contributed by atoms with Crippen LogP contribution in [0.5, 0.6) is 0 Å². The second kappa shape index (κ2) is 8.72. The molecule has 2 aromatic rings. The molecule has 1 fully saturated rings. The lowest BCUT2D eigenvalue weighted by atomic mass is 10.0. The fourth-order valence-corrected chi connectivity index (χ4v) is 3.75. The van der Waals surface area contributed by atoms with Crippen LogP contribution in [0.15, 0.2) is 30.5 Å². The molecule has 1 amide bonds. The number of ether oxygens (including phenoxy) is 2. The van der Waals surface area contributed by atoms with Crippen LogP contribution in [0, 0.1) is 11.6 Å². The van der Waals surface area contributed by atoms with Gasteiger partial charge in [0.1, 0.15) is 17.2 Å². The standard InChI is InChI=1S/C23H27F2N3O4/c1-22(2,3)32-21(30)27-23(4)7-9-28(13-23)19-17(20(29)31-5)6-8-26-18(19)14-10-15(24)12-16(25)11-14/h6,8,10-12H,7,9,13H2,1-5H3,(H,27,30)/t23-/m0/s1. The van der Waals surface area contributed by atoms with E-state index in [-0.39, 0.29) is 16.8 Å². The van der Waals surface area contributed by atoms with Gasteiger partial charge < -0.3 is 19.7 Å². The number of alkyl carbamates (subject to hydrolysis) is 1. The molecule has 0 saturated carbocycles. The van der Waals surface area contributed by atoms with E-state index in [4.69, 9.17) is 9.47 Å². The van der Waals surface area contributed by atoms with Gasteiger partial charge in [0.25, 0.3) is 0 Å². The maximum absolute atomic E-state index is 13.9. The largest absolute Gasteiger partial charge is 0.465 e. The monoisotopic (exact) mass is 447 g/mol. The van der Waals surface area contributed by atoms with E-state index in [1.165, 1.54) is 19.4 Å². The first-order valence-electron chi connectivity index (χ1n) is 10.2. The minimum absolute atomic E-state index is 0.192. The summed E-state index contributed by atoms with van der Waals surface area (Å²) in [6.45, 7) is 7.99. The first kappa shape index (κ1) is 23.4. The number of halogens is 2. The van der Waals surface area contributed by atoms with Crippen molar-refractivity contribution in [2.75, 3.05) is 25.1 Å². The number of pyridine rings is 1. The minimum atomic E-state index is -0.755. The summed E-state index contributed by atoms with van der Waals surface area (Å²) in [7, 11) is 1.26. The molecule has 0 spiro atoms. The first-order chi connectivity index (χ1) is 14.9. The van der Waals surface area contributed by atoms with Gasteiger partial charge in [0.05, 0.1) is 29.6 Å². The summed E-state index contributed by atoms with van der Waals surface area (Å²) in [5.41, 5.74) is -0.266. The highest BCUT2D eigenvalue weighted by molar-refractivity contribution is 5.99. The third-order valence-electron chi connectivity index (χ3n) is 5.06. The number of carbonyl (C=O) groups is 2. The zero-order valence-electron chi connectivity index (χ0n) is 18.8. The van der Waals surface area contributed by atoms with Crippen LogP contribution in [-0.4, -0.2) is 48.4 Å². The number of nitrogens with zero attached hydrogens (tertiary/aromatic N) is 2. The maximum atomic E-state index is 13.9. The minimum Gasteiger partial charge on any atom is -0.465 e. The molecule has 3 rings (SSSR count). The molecular weight excluding hydrogens is 420 g/mol. The molecule has 1 aromatic heterocycles. The van der Waals surface area contributed by atoms with E-state index >= 15 is 0 Å². The number of amides is 1. The fourth-order valence-electron chi connectivity index (χ4n) is 3.75.